The number of ether oxygens (including phenoxy) is 1. The van der Waals surface area contributed by atoms with E-state index in [1.807, 2.05) is 106 Å². The van der Waals surface area contributed by atoms with Crippen LogP contribution in [-0.2, 0) is 54.3 Å². The minimum atomic E-state index is -3.16. The van der Waals surface area contributed by atoms with Gasteiger partial charge in [-0.05, 0) is 184 Å². The molecule has 1 saturated heterocycles. The van der Waals surface area contributed by atoms with Crippen molar-refractivity contribution in [2.75, 3.05) is 20.1 Å². The largest absolute Gasteiger partial charge is 0.435 e. The van der Waals surface area contributed by atoms with Crippen molar-refractivity contribution in [3.8, 4) is 5.75 Å². The van der Waals surface area contributed by atoms with Crippen molar-refractivity contribution in [1.29, 1.82) is 0 Å². The van der Waals surface area contributed by atoms with Crippen LogP contribution in [0.2, 0.25) is 0 Å². The maximum absolute atomic E-state index is 12.8. The number of alkyl halides is 2. The molecule has 0 spiro atoms. The Balaban J connectivity index is 0.000000319. The zero-order chi connectivity index (χ0) is 58.8. The molecule has 6 nitrogen and oxygen atoms in total. The van der Waals surface area contributed by atoms with Crippen molar-refractivity contribution in [1.82, 2.24) is 9.62 Å². The Kier molecular flexibility index (Phi) is 32.9. The maximum Gasteiger partial charge on any atom is 0.387 e. The summed E-state index contributed by atoms with van der Waals surface area (Å²) in [5.41, 5.74) is 10.5. The van der Waals surface area contributed by atoms with E-state index in [1.165, 1.54) is 48.9 Å². The fourth-order valence-electron chi connectivity index (χ4n) is 7.59. The van der Waals surface area contributed by atoms with Gasteiger partial charge in [0, 0.05) is 18.7 Å². The minimum Gasteiger partial charge on any atom is -0.435 e. The van der Waals surface area contributed by atoms with Gasteiger partial charge in [0.25, 0.3) is 5.91 Å². The van der Waals surface area contributed by atoms with Gasteiger partial charge in [0.1, 0.15) is 29.0 Å². The van der Waals surface area contributed by atoms with Crippen LogP contribution in [0.1, 0.15) is 127 Å². The highest BCUT2D eigenvalue weighted by Crippen LogP contribution is 2.21. The number of rotatable bonds is 12. The number of nitrogens with one attached hydrogen (secondary N) is 1. The number of hydrogen-bond donors (Lipinski definition) is 1. The Bertz CT molecular complexity index is 2860. The topological polar surface area (TPSA) is 75.7 Å². The van der Waals surface area contributed by atoms with E-state index in [4.69, 9.17) is 0 Å². The summed E-state index contributed by atoms with van der Waals surface area (Å²) in [4.78, 5) is 14.1. The third-order valence-electron chi connectivity index (χ3n) is 12.6. The maximum atomic E-state index is 12.8. The fourth-order valence-corrected chi connectivity index (χ4v) is 8.43. The molecule has 0 radical (unpaired) electrons. The lowest BCUT2D eigenvalue weighted by atomic mass is 10.1. The highest BCUT2D eigenvalue weighted by Gasteiger charge is 2.18. The van der Waals surface area contributed by atoms with Crippen LogP contribution in [0.15, 0.2) is 158 Å². The standard InChI is InChI=1S/C14H19NO.C10H15NO2S.C9H10F2O.2C9H11F.C8H9F.C7H7F/c1-2-12-6-8-13(9-7-12)14(16)15-10-4-3-5-11-15;1-3-9-6-4-5-7-10(9)8-14(12,13)11-2;1-2-7-5-3-4-6-8(7)12-9(10)11;1-3-8-4-5-9(10)7(2)6-8;1-3-8-5-4-7(2)9(10)6-8;1-2-7-5-3-4-6-8(7)9;1-6-2-4-7(8)5-3-6/h6-9H,2-5,10-11H2,1H3;4-7,11H,3,8H2,1-2H3;3-6,9H,2H2,1H3;2*4-6H,3H2,1-2H3;3-6H,2H2,1H3;2-5H,1H3. The van der Waals surface area contributed by atoms with Crippen molar-refractivity contribution in [3.05, 3.63) is 242 Å². The molecule has 1 fully saturated rings. The van der Waals surface area contributed by atoms with Gasteiger partial charge in [-0.1, -0.05) is 156 Å². The van der Waals surface area contributed by atoms with Crippen LogP contribution in [0.4, 0.5) is 26.3 Å². The SMILES string of the molecule is CCc1ccc(C(=O)N2CCCCC2)cc1.CCc1ccc(C)c(F)c1.CCc1ccc(F)c(C)c1.CCc1ccccc1CS(=O)(=O)NC.CCc1ccccc1F.CCc1ccccc1OC(F)F.Cc1ccc(F)cc1. The summed E-state index contributed by atoms with van der Waals surface area (Å²) in [5, 5.41) is 0. The number of sulfonamides is 1. The Labute approximate surface area is 468 Å². The first kappa shape index (κ1) is 68.4. The number of carbonyl (C=O) groups excluding carboxylic acids is 1. The number of carbonyl (C=O) groups is 1. The Morgan fingerprint density at radius 1 is 0.519 bits per heavy atom. The van der Waals surface area contributed by atoms with E-state index in [0.717, 1.165) is 108 Å². The van der Waals surface area contributed by atoms with Gasteiger partial charge in [0.2, 0.25) is 10.0 Å². The molecule has 0 aromatic heterocycles. The first-order chi connectivity index (χ1) is 37.7. The zero-order valence-corrected chi connectivity index (χ0v) is 48.6. The Morgan fingerprint density at radius 2 is 1.01 bits per heavy atom. The molecule has 1 aliphatic heterocycles. The molecule has 1 aliphatic rings. The first-order valence-corrected chi connectivity index (χ1v) is 28.7. The predicted octanol–water partition coefficient (Wildman–Crippen LogP) is 16.9. The second-order valence-corrected chi connectivity index (χ2v) is 20.4. The van der Waals surface area contributed by atoms with Crippen LogP contribution in [0.25, 0.3) is 0 Å². The van der Waals surface area contributed by atoms with E-state index in [0.29, 0.717) is 6.42 Å². The quantitative estimate of drug-likeness (QED) is 0.124. The second-order valence-electron chi connectivity index (χ2n) is 18.4. The third kappa shape index (κ3) is 27.2. The van der Waals surface area contributed by atoms with Gasteiger partial charge >= 0.3 is 6.61 Å². The summed E-state index contributed by atoms with van der Waals surface area (Å²) in [5.74, 6) is 0.0533. The predicted molar refractivity (Wildman–Crippen MR) is 313 cm³/mol. The molecule has 79 heavy (non-hydrogen) atoms. The van der Waals surface area contributed by atoms with Crippen molar-refractivity contribution in [2.45, 2.75) is 132 Å². The van der Waals surface area contributed by atoms with Gasteiger partial charge in [0.15, 0.2) is 0 Å². The molecule has 0 unspecified atom stereocenters. The summed E-state index contributed by atoms with van der Waals surface area (Å²) in [6.07, 6.45) is 8.79. The molecule has 0 atom stereocenters. The van der Waals surface area contributed by atoms with Gasteiger partial charge in [-0.15, -0.1) is 0 Å². The highest BCUT2D eigenvalue weighted by atomic mass is 32.2. The normalized spacial score (nSPS) is 11.4. The van der Waals surface area contributed by atoms with Crippen molar-refractivity contribution >= 4 is 15.9 Å². The van der Waals surface area contributed by atoms with Crippen LogP contribution < -0.4 is 9.46 Å². The lowest BCUT2D eigenvalue weighted by Gasteiger charge is -2.26. The monoisotopic (exact) mass is 1110 g/mol. The molecule has 8 rings (SSSR count). The van der Waals surface area contributed by atoms with Crippen molar-refractivity contribution in [2.24, 2.45) is 0 Å². The van der Waals surface area contributed by atoms with E-state index < -0.39 is 16.6 Å². The third-order valence-corrected chi connectivity index (χ3v) is 13.9. The van der Waals surface area contributed by atoms with Crippen LogP contribution in [0.3, 0.4) is 0 Å². The van der Waals surface area contributed by atoms with Crippen molar-refractivity contribution < 1.29 is 44.3 Å². The number of piperidine rings is 1. The van der Waals surface area contributed by atoms with Gasteiger partial charge < -0.3 is 9.64 Å². The fraction of sp³-hybridized carbons (Fsp3) is 0.348. The first-order valence-electron chi connectivity index (χ1n) is 27.1. The van der Waals surface area contributed by atoms with Crippen LogP contribution in [0.5, 0.6) is 5.75 Å². The summed E-state index contributed by atoms with van der Waals surface area (Å²) in [6, 6.07) is 46.2. The summed E-state index contributed by atoms with van der Waals surface area (Å²) >= 11 is 0. The molecule has 1 N–H and O–H groups in total. The number of amides is 1. The van der Waals surface area contributed by atoms with Gasteiger partial charge in [0.05, 0.1) is 5.75 Å². The average molecular weight is 1110 g/mol. The number of benzene rings is 7. The smallest absolute Gasteiger partial charge is 0.387 e. The van der Waals surface area contributed by atoms with Crippen LogP contribution in [-0.4, -0.2) is 46.0 Å². The van der Waals surface area contributed by atoms with Gasteiger partial charge in [-0.25, -0.2) is 30.7 Å². The molecule has 7 aromatic carbocycles. The summed E-state index contributed by atoms with van der Waals surface area (Å²) < 4.78 is 103. The molecule has 7 aromatic rings. The van der Waals surface area contributed by atoms with Crippen LogP contribution >= 0.6 is 0 Å². The summed E-state index contributed by atoms with van der Waals surface area (Å²) in [6.45, 7) is 16.7. The lowest BCUT2D eigenvalue weighted by molar-refractivity contribution is -0.0504. The number of nitrogens with zero attached hydrogens (tertiary/aromatic N) is 1. The average Bonchev–Trinajstić information content (AvgIpc) is 3.46. The van der Waals surface area contributed by atoms with E-state index in [9.17, 15) is 39.6 Å². The molecule has 1 heterocycles. The molecule has 1 amide bonds. The zero-order valence-electron chi connectivity index (χ0n) is 47.8. The second kappa shape index (κ2) is 38.0. The summed E-state index contributed by atoms with van der Waals surface area (Å²) in [7, 11) is -1.72. The molecule has 0 bridgehead atoms. The van der Waals surface area contributed by atoms with E-state index in [1.54, 1.807) is 68.4 Å². The van der Waals surface area contributed by atoms with Gasteiger partial charge in [-0.3, -0.25) is 4.79 Å². The van der Waals surface area contributed by atoms with Crippen molar-refractivity contribution in [3.63, 3.8) is 0 Å². The molecule has 13 heteroatoms. The molecule has 0 saturated carbocycles. The number of hydrogen-bond acceptors (Lipinski definition) is 4. The Morgan fingerprint density at radius 3 is 1.49 bits per heavy atom. The lowest BCUT2D eigenvalue weighted by Crippen LogP contribution is -2.35. The molecule has 428 valence electrons. The number of para-hydroxylation sites is 1. The van der Waals surface area contributed by atoms with E-state index in [-0.39, 0.29) is 40.7 Å². The van der Waals surface area contributed by atoms with E-state index >= 15 is 0 Å². The van der Waals surface area contributed by atoms with Gasteiger partial charge in [-0.2, -0.15) is 8.78 Å². The number of aryl methyl sites for hydroxylation is 9. The van der Waals surface area contributed by atoms with Crippen LogP contribution in [0, 0.1) is 44.0 Å². The molecule has 0 aliphatic carbocycles. The molecular formula is C66H82F6N2O4S. The minimum absolute atomic E-state index is 0.0630. The highest BCUT2D eigenvalue weighted by molar-refractivity contribution is 7.88. The Hall–Kier alpha value is -6.70. The number of halogens is 6. The number of likely N-dealkylation sites (tertiary alicyclic amines) is 1. The van der Waals surface area contributed by atoms with E-state index in [2.05, 4.69) is 35.4 Å². The molecular weight excluding hydrogens is 1030 g/mol.